The van der Waals surface area contributed by atoms with Gasteiger partial charge in [0.05, 0.1) is 0 Å². The highest BCUT2D eigenvalue weighted by molar-refractivity contribution is 6.05. The maximum absolute atomic E-state index is 12.0. The van der Waals surface area contributed by atoms with Crippen molar-refractivity contribution in [3.8, 4) is 0 Å². The highest BCUT2D eigenvalue weighted by atomic mass is 16.3. The maximum atomic E-state index is 12.0. The van der Waals surface area contributed by atoms with Crippen molar-refractivity contribution in [2.75, 3.05) is 0 Å². The van der Waals surface area contributed by atoms with Crippen molar-refractivity contribution in [2.24, 2.45) is 0 Å². The third-order valence-electron chi connectivity index (χ3n) is 2.42. The number of aliphatic hydroxyl groups is 1. The molecular formula is C13H12O2. The van der Waals surface area contributed by atoms with Gasteiger partial charge in [-0.25, -0.2) is 0 Å². The molecule has 0 amide bonds. The summed E-state index contributed by atoms with van der Waals surface area (Å²) in [6, 6.07) is 8.82. The van der Waals surface area contributed by atoms with E-state index in [0.29, 0.717) is 5.56 Å². The molecule has 0 aliphatic heterocycles. The largest absolute Gasteiger partial charge is 0.374 e. The summed E-state index contributed by atoms with van der Waals surface area (Å²) in [5, 5.41) is 10.1. The number of hydrogen-bond acceptors (Lipinski definition) is 2. The normalized spacial score (nSPS) is 17.7. The second-order valence-corrected chi connectivity index (χ2v) is 3.56. The van der Waals surface area contributed by atoms with Crippen LogP contribution in [0.1, 0.15) is 16.8 Å². The van der Waals surface area contributed by atoms with Gasteiger partial charge in [-0.1, -0.05) is 42.5 Å². The first-order valence-corrected chi connectivity index (χ1v) is 4.90. The molecule has 0 unspecified atom stereocenters. The van der Waals surface area contributed by atoms with E-state index in [1.54, 1.807) is 48.6 Å². The Balaban J connectivity index is 2.32. The van der Waals surface area contributed by atoms with Gasteiger partial charge in [-0.3, -0.25) is 4.79 Å². The highest BCUT2D eigenvalue weighted by Gasteiger charge is 2.31. The molecule has 0 fully saturated rings. The van der Waals surface area contributed by atoms with E-state index in [1.807, 2.05) is 6.07 Å². The smallest absolute Gasteiger partial charge is 0.202 e. The van der Waals surface area contributed by atoms with E-state index in [2.05, 4.69) is 0 Å². The third kappa shape index (κ3) is 1.90. The van der Waals surface area contributed by atoms with Crippen molar-refractivity contribution >= 4 is 5.78 Å². The minimum Gasteiger partial charge on any atom is -0.374 e. The van der Waals surface area contributed by atoms with Crippen LogP contribution in [0.25, 0.3) is 0 Å². The van der Waals surface area contributed by atoms with Crippen molar-refractivity contribution < 1.29 is 9.90 Å². The molecule has 0 atom stereocenters. The number of Topliss-reactive ketones (excluding diaryl/α,β-unsaturated/α-hetero) is 1. The van der Waals surface area contributed by atoms with E-state index in [9.17, 15) is 9.90 Å². The van der Waals surface area contributed by atoms with Crippen LogP contribution in [0.15, 0.2) is 54.6 Å². The van der Waals surface area contributed by atoms with E-state index in [-0.39, 0.29) is 5.78 Å². The fraction of sp³-hybridized carbons (Fsp3) is 0.154. The number of carbonyl (C=O) groups is 1. The van der Waals surface area contributed by atoms with E-state index >= 15 is 0 Å². The number of hydrogen-bond donors (Lipinski definition) is 1. The van der Waals surface area contributed by atoms with Gasteiger partial charge in [0.25, 0.3) is 0 Å². The summed E-state index contributed by atoms with van der Waals surface area (Å²) in [7, 11) is 0. The van der Waals surface area contributed by atoms with Crippen molar-refractivity contribution in [3.05, 3.63) is 60.2 Å². The summed E-state index contributed by atoms with van der Waals surface area (Å²) in [5.74, 6) is -0.282. The van der Waals surface area contributed by atoms with Gasteiger partial charge < -0.3 is 5.11 Å². The lowest BCUT2D eigenvalue weighted by molar-refractivity contribution is 0.0669. The molecule has 0 heterocycles. The van der Waals surface area contributed by atoms with Crippen molar-refractivity contribution in [2.45, 2.75) is 12.0 Å². The lowest BCUT2D eigenvalue weighted by Gasteiger charge is -2.21. The molecular weight excluding hydrogens is 188 g/mol. The van der Waals surface area contributed by atoms with Crippen molar-refractivity contribution in [1.82, 2.24) is 0 Å². The van der Waals surface area contributed by atoms with Gasteiger partial charge in [-0.05, 0) is 18.6 Å². The Bertz CT molecular complexity index is 403. The van der Waals surface area contributed by atoms with Crippen LogP contribution in [-0.2, 0) is 0 Å². The lowest BCUT2D eigenvalue weighted by atomic mass is 9.89. The van der Waals surface area contributed by atoms with Crippen LogP contribution in [0.5, 0.6) is 0 Å². The quantitative estimate of drug-likeness (QED) is 0.586. The third-order valence-corrected chi connectivity index (χ3v) is 2.42. The topological polar surface area (TPSA) is 37.3 Å². The summed E-state index contributed by atoms with van der Waals surface area (Å²) >= 11 is 0. The molecule has 0 spiro atoms. The van der Waals surface area contributed by atoms with Gasteiger partial charge in [-0.2, -0.15) is 0 Å². The number of ketones is 1. The summed E-state index contributed by atoms with van der Waals surface area (Å²) in [4.78, 5) is 12.0. The molecule has 1 aromatic rings. The zero-order valence-electron chi connectivity index (χ0n) is 8.26. The zero-order chi connectivity index (χ0) is 10.7. The summed E-state index contributed by atoms with van der Waals surface area (Å²) in [6.45, 7) is 0. The average molecular weight is 200 g/mol. The van der Waals surface area contributed by atoms with E-state index < -0.39 is 5.60 Å². The number of carbonyl (C=O) groups excluding carboxylic acids is 1. The zero-order valence-corrected chi connectivity index (χ0v) is 8.26. The Kier molecular flexibility index (Phi) is 2.52. The molecule has 1 aromatic carbocycles. The highest BCUT2D eigenvalue weighted by Crippen LogP contribution is 2.20. The molecule has 2 rings (SSSR count). The van der Waals surface area contributed by atoms with Gasteiger partial charge in [0.15, 0.2) is 5.60 Å². The molecule has 1 aliphatic rings. The molecule has 2 nitrogen and oxygen atoms in total. The van der Waals surface area contributed by atoms with Gasteiger partial charge >= 0.3 is 0 Å². The minimum atomic E-state index is -1.46. The summed E-state index contributed by atoms with van der Waals surface area (Å²) < 4.78 is 0. The lowest BCUT2D eigenvalue weighted by Crippen LogP contribution is -2.35. The van der Waals surface area contributed by atoms with Crippen molar-refractivity contribution in [1.29, 1.82) is 0 Å². The summed E-state index contributed by atoms with van der Waals surface area (Å²) in [6.07, 6.45) is 7.44. The maximum Gasteiger partial charge on any atom is 0.202 e. The average Bonchev–Trinajstić information content (AvgIpc) is 2.30. The molecule has 0 radical (unpaired) electrons. The molecule has 0 saturated carbocycles. The number of benzene rings is 1. The molecule has 0 aromatic heterocycles. The van der Waals surface area contributed by atoms with Crippen LogP contribution in [0.3, 0.4) is 0 Å². The van der Waals surface area contributed by atoms with Crippen LogP contribution in [0.4, 0.5) is 0 Å². The predicted molar refractivity (Wildman–Crippen MR) is 58.6 cm³/mol. The van der Waals surface area contributed by atoms with Gasteiger partial charge in [0.2, 0.25) is 5.78 Å². The molecule has 2 heteroatoms. The van der Waals surface area contributed by atoms with Gasteiger partial charge in [0, 0.05) is 5.56 Å². The second-order valence-electron chi connectivity index (χ2n) is 3.56. The number of rotatable bonds is 2. The van der Waals surface area contributed by atoms with Crippen LogP contribution in [-0.4, -0.2) is 16.5 Å². The van der Waals surface area contributed by atoms with Crippen LogP contribution >= 0.6 is 0 Å². The molecule has 15 heavy (non-hydrogen) atoms. The van der Waals surface area contributed by atoms with Crippen molar-refractivity contribution in [3.63, 3.8) is 0 Å². The van der Waals surface area contributed by atoms with Crippen LogP contribution in [0.2, 0.25) is 0 Å². The van der Waals surface area contributed by atoms with Crippen LogP contribution < -0.4 is 0 Å². The number of allylic oxidation sites excluding steroid dienone is 2. The van der Waals surface area contributed by atoms with E-state index in [0.717, 1.165) is 6.42 Å². The fourth-order valence-corrected chi connectivity index (χ4v) is 1.60. The molecule has 1 N–H and O–H groups in total. The first kappa shape index (κ1) is 9.87. The predicted octanol–water partition coefficient (Wildman–Crippen LogP) is 2.12. The molecule has 76 valence electrons. The first-order chi connectivity index (χ1) is 7.22. The molecule has 0 bridgehead atoms. The Morgan fingerprint density at radius 1 is 1.13 bits per heavy atom. The Labute approximate surface area is 88.6 Å². The summed E-state index contributed by atoms with van der Waals surface area (Å²) in [5.41, 5.74) is -0.934. The first-order valence-electron chi connectivity index (χ1n) is 4.90. The van der Waals surface area contributed by atoms with Gasteiger partial charge in [-0.15, -0.1) is 0 Å². The monoisotopic (exact) mass is 200 g/mol. The SMILES string of the molecule is O=C(c1ccccc1)C1(O)C=CCC=C1. The van der Waals surface area contributed by atoms with E-state index in [4.69, 9.17) is 0 Å². The molecule has 0 saturated heterocycles. The second kappa shape index (κ2) is 3.83. The van der Waals surface area contributed by atoms with Gasteiger partial charge in [0.1, 0.15) is 0 Å². The Morgan fingerprint density at radius 3 is 2.33 bits per heavy atom. The van der Waals surface area contributed by atoms with Crippen LogP contribution in [0, 0.1) is 0 Å². The van der Waals surface area contributed by atoms with E-state index in [1.165, 1.54) is 0 Å². The Morgan fingerprint density at radius 2 is 1.73 bits per heavy atom. The Hall–Kier alpha value is -1.67. The molecule has 1 aliphatic carbocycles. The minimum absolute atomic E-state index is 0.282. The fourth-order valence-electron chi connectivity index (χ4n) is 1.60. The standard InChI is InChI=1S/C13H12O2/c14-12(11-7-3-1-4-8-11)13(15)9-5-2-6-10-13/h1,3-10,15H,2H2.